The molecule has 3 amide bonds. The maximum Gasteiger partial charge on any atom is 0.315 e. The van der Waals surface area contributed by atoms with Crippen molar-refractivity contribution in [2.45, 2.75) is 52.6 Å². The van der Waals surface area contributed by atoms with Gasteiger partial charge in [0, 0.05) is 13.0 Å². The summed E-state index contributed by atoms with van der Waals surface area (Å²) in [5, 5.41) is 16.5. The Morgan fingerprint density at radius 1 is 1.10 bits per heavy atom. The van der Waals surface area contributed by atoms with Crippen molar-refractivity contribution in [2.75, 3.05) is 6.54 Å². The second-order valence-corrected chi connectivity index (χ2v) is 8.26. The van der Waals surface area contributed by atoms with Crippen LogP contribution in [0, 0.1) is 13.8 Å². The molecule has 7 heteroatoms. The fraction of sp³-hybridized carbons (Fsp3) is 0.391. The number of rotatable bonds is 8. The van der Waals surface area contributed by atoms with E-state index >= 15 is 0 Å². The number of carbonyl (C=O) groups is 2. The predicted octanol–water partition coefficient (Wildman–Crippen LogP) is 2.92. The third-order valence-electron chi connectivity index (χ3n) is 4.90. The molecule has 0 atom stereocenters. The predicted molar refractivity (Wildman–Crippen MR) is 118 cm³/mol. The molecule has 0 unspecified atom stereocenters. The summed E-state index contributed by atoms with van der Waals surface area (Å²) in [6.07, 6.45) is 0.787. The zero-order chi connectivity index (χ0) is 22.3. The first-order chi connectivity index (χ1) is 14.1. The van der Waals surface area contributed by atoms with Crippen molar-refractivity contribution in [3.8, 4) is 5.75 Å². The highest BCUT2D eigenvalue weighted by Gasteiger charge is 2.25. The highest BCUT2D eigenvalue weighted by atomic mass is 16.3. The van der Waals surface area contributed by atoms with Crippen LogP contribution in [0.5, 0.6) is 5.75 Å². The molecule has 0 aliphatic rings. The van der Waals surface area contributed by atoms with Gasteiger partial charge in [0.15, 0.2) is 0 Å². The molecule has 2 aromatic rings. The van der Waals surface area contributed by atoms with E-state index in [2.05, 4.69) is 10.6 Å². The summed E-state index contributed by atoms with van der Waals surface area (Å²) in [6, 6.07) is 12.7. The molecule has 0 heterocycles. The average molecular weight is 413 g/mol. The Bertz CT molecular complexity index is 858. The van der Waals surface area contributed by atoms with Crippen molar-refractivity contribution in [3.63, 3.8) is 0 Å². The minimum atomic E-state index is -0.699. The van der Waals surface area contributed by atoms with Gasteiger partial charge in [-0.25, -0.2) is 10.6 Å². The van der Waals surface area contributed by atoms with Crippen molar-refractivity contribution < 1.29 is 14.7 Å². The number of nitrogens with two attached hydrogens (primary N) is 1. The molecule has 0 aliphatic heterocycles. The van der Waals surface area contributed by atoms with Crippen LogP contribution in [0.2, 0.25) is 0 Å². The van der Waals surface area contributed by atoms with Crippen molar-refractivity contribution in [3.05, 3.63) is 64.7 Å². The molecule has 0 saturated carbocycles. The van der Waals surface area contributed by atoms with Gasteiger partial charge in [0.25, 0.3) is 0 Å². The van der Waals surface area contributed by atoms with Crippen molar-refractivity contribution in [1.82, 2.24) is 15.6 Å². The molecule has 0 fully saturated rings. The lowest BCUT2D eigenvalue weighted by Crippen LogP contribution is -2.56. The SMILES string of the molecule is Cc1cc(O)cc(C)c1CCC(=O)N(N)CC(C)(C)NC(=O)NCc1ccccc1. The molecular weight excluding hydrogens is 380 g/mol. The van der Waals surface area contributed by atoms with Crippen LogP contribution >= 0.6 is 0 Å². The van der Waals surface area contributed by atoms with Crippen molar-refractivity contribution in [1.29, 1.82) is 0 Å². The van der Waals surface area contributed by atoms with Crippen LogP contribution in [0.1, 0.15) is 42.5 Å². The minimum Gasteiger partial charge on any atom is -0.508 e. The highest BCUT2D eigenvalue weighted by molar-refractivity contribution is 5.77. The van der Waals surface area contributed by atoms with Gasteiger partial charge in [-0.05, 0) is 68.5 Å². The lowest BCUT2D eigenvalue weighted by atomic mass is 9.97. The maximum atomic E-state index is 12.5. The molecule has 7 nitrogen and oxygen atoms in total. The third-order valence-corrected chi connectivity index (χ3v) is 4.90. The zero-order valence-corrected chi connectivity index (χ0v) is 18.2. The first-order valence-corrected chi connectivity index (χ1v) is 10.0. The van der Waals surface area contributed by atoms with Crippen LogP contribution in [0.25, 0.3) is 0 Å². The monoisotopic (exact) mass is 412 g/mol. The van der Waals surface area contributed by atoms with E-state index < -0.39 is 5.54 Å². The zero-order valence-electron chi connectivity index (χ0n) is 18.2. The van der Waals surface area contributed by atoms with Gasteiger partial charge >= 0.3 is 6.03 Å². The molecule has 0 aliphatic carbocycles. The van der Waals surface area contributed by atoms with E-state index in [1.54, 1.807) is 12.1 Å². The Kier molecular flexibility index (Phi) is 7.83. The highest BCUT2D eigenvalue weighted by Crippen LogP contribution is 2.22. The molecule has 0 saturated heterocycles. The maximum absolute atomic E-state index is 12.5. The number of urea groups is 1. The average Bonchev–Trinajstić information content (AvgIpc) is 2.65. The van der Waals surface area contributed by atoms with Gasteiger partial charge in [0.1, 0.15) is 5.75 Å². The number of carbonyl (C=O) groups excluding carboxylic acids is 2. The van der Waals surface area contributed by atoms with Gasteiger partial charge in [-0.2, -0.15) is 0 Å². The van der Waals surface area contributed by atoms with Gasteiger partial charge in [-0.15, -0.1) is 0 Å². The number of phenolic OH excluding ortho intramolecular Hbond substituents is 1. The summed E-state index contributed by atoms with van der Waals surface area (Å²) >= 11 is 0. The minimum absolute atomic E-state index is 0.179. The second kappa shape index (κ2) is 10.1. The van der Waals surface area contributed by atoms with Crippen LogP contribution < -0.4 is 16.5 Å². The lowest BCUT2D eigenvalue weighted by Gasteiger charge is -2.31. The standard InChI is InChI=1S/C23H32N4O3/c1-16-12-19(28)13-17(2)20(16)10-11-21(29)27(24)15-23(3,4)26-22(30)25-14-18-8-6-5-7-9-18/h5-9,12-13,28H,10-11,14-15,24H2,1-4H3,(H2,25,26,30). The van der Waals surface area contributed by atoms with E-state index in [-0.39, 0.29) is 30.7 Å². The molecule has 0 radical (unpaired) electrons. The van der Waals surface area contributed by atoms with E-state index in [0.29, 0.717) is 13.0 Å². The van der Waals surface area contributed by atoms with Crippen molar-refractivity contribution in [2.24, 2.45) is 5.84 Å². The molecule has 2 rings (SSSR count). The van der Waals surface area contributed by atoms with Crippen LogP contribution in [0.15, 0.2) is 42.5 Å². The molecule has 0 aromatic heterocycles. The molecular formula is C23H32N4O3. The van der Waals surface area contributed by atoms with E-state index in [1.807, 2.05) is 58.0 Å². The van der Waals surface area contributed by atoms with Gasteiger partial charge in [0.05, 0.1) is 12.1 Å². The molecule has 5 N–H and O–H groups in total. The van der Waals surface area contributed by atoms with E-state index in [9.17, 15) is 14.7 Å². The van der Waals surface area contributed by atoms with Gasteiger partial charge < -0.3 is 15.7 Å². The smallest absolute Gasteiger partial charge is 0.315 e. The Balaban J connectivity index is 1.83. The number of benzene rings is 2. The van der Waals surface area contributed by atoms with Crippen LogP contribution in [-0.2, 0) is 17.8 Å². The number of hydrogen-bond donors (Lipinski definition) is 4. The lowest BCUT2D eigenvalue weighted by molar-refractivity contribution is -0.132. The second-order valence-electron chi connectivity index (χ2n) is 8.26. The largest absolute Gasteiger partial charge is 0.508 e. The third kappa shape index (κ3) is 7.08. The van der Waals surface area contributed by atoms with Crippen LogP contribution in [0.4, 0.5) is 4.79 Å². The topological polar surface area (TPSA) is 108 Å². The number of hydrazine groups is 1. The van der Waals surface area contributed by atoms with Gasteiger partial charge in [0.2, 0.25) is 5.91 Å². The van der Waals surface area contributed by atoms with E-state index in [4.69, 9.17) is 5.84 Å². The summed E-state index contributed by atoms with van der Waals surface area (Å²) in [6.45, 7) is 8.05. The van der Waals surface area contributed by atoms with Gasteiger partial charge in [-0.1, -0.05) is 30.3 Å². The van der Waals surface area contributed by atoms with Crippen LogP contribution in [-0.4, -0.2) is 34.1 Å². The Hall–Kier alpha value is -3.06. The summed E-state index contributed by atoms with van der Waals surface area (Å²) < 4.78 is 0. The normalized spacial score (nSPS) is 11.1. The number of aromatic hydroxyl groups is 1. The molecule has 162 valence electrons. The number of nitrogens with one attached hydrogen (secondary N) is 2. The summed E-state index contributed by atoms with van der Waals surface area (Å²) in [4.78, 5) is 24.7. The number of amides is 3. The van der Waals surface area contributed by atoms with Crippen molar-refractivity contribution >= 4 is 11.9 Å². The first-order valence-electron chi connectivity index (χ1n) is 10.0. The first kappa shape index (κ1) is 23.2. The molecule has 0 bridgehead atoms. The summed E-state index contributed by atoms with van der Waals surface area (Å²) in [5.41, 5.74) is 3.23. The summed E-state index contributed by atoms with van der Waals surface area (Å²) in [7, 11) is 0. The molecule has 0 spiro atoms. The fourth-order valence-electron chi connectivity index (χ4n) is 3.42. The number of phenols is 1. The van der Waals surface area contributed by atoms with E-state index in [1.165, 1.54) is 0 Å². The van der Waals surface area contributed by atoms with Gasteiger partial charge in [-0.3, -0.25) is 9.80 Å². The number of hydrogen-bond acceptors (Lipinski definition) is 4. The Morgan fingerprint density at radius 2 is 1.70 bits per heavy atom. The molecule has 2 aromatic carbocycles. The quantitative estimate of drug-likeness (QED) is 0.304. The Labute approximate surface area is 178 Å². The molecule has 30 heavy (non-hydrogen) atoms. The summed E-state index contributed by atoms with van der Waals surface area (Å²) in [5.74, 6) is 5.99. The van der Waals surface area contributed by atoms with E-state index in [0.717, 1.165) is 27.3 Å². The van der Waals surface area contributed by atoms with Crippen LogP contribution in [0.3, 0.4) is 0 Å². The Morgan fingerprint density at radius 3 is 2.30 bits per heavy atom. The number of aryl methyl sites for hydroxylation is 2. The fourth-order valence-corrected chi connectivity index (χ4v) is 3.42. The number of nitrogens with zero attached hydrogens (tertiary/aromatic N) is 1.